The van der Waals surface area contributed by atoms with Gasteiger partial charge in [0.1, 0.15) is 11.4 Å². The van der Waals surface area contributed by atoms with Crippen LogP contribution in [0.2, 0.25) is 0 Å². The monoisotopic (exact) mass is 309 g/mol. The van der Waals surface area contributed by atoms with E-state index in [-0.39, 0.29) is 23.8 Å². The molecule has 0 saturated heterocycles. The van der Waals surface area contributed by atoms with Crippen molar-refractivity contribution in [3.8, 4) is 0 Å². The molecule has 0 saturated carbocycles. The molecule has 0 aliphatic heterocycles. The van der Waals surface area contributed by atoms with Crippen molar-refractivity contribution in [3.63, 3.8) is 0 Å². The summed E-state index contributed by atoms with van der Waals surface area (Å²) in [5, 5.41) is 11.5. The lowest BCUT2D eigenvalue weighted by Crippen LogP contribution is -2.39. The molecule has 1 aromatic heterocycles. The molecule has 1 aromatic rings. The van der Waals surface area contributed by atoms with Gasteiger partial charge in [-0.1, -0.05) is 6.07 Å². The summed E-state index contributed by atoms with van der Waals surface area (Å²) >= 11 is 0. The quantitative estimate of drug-likeness (QED) is 0.655. The second kappa shape index (κ2) is 8.73. The summed E-state index contributed by atoms with van der Waals surface area (Å²) in [6.07, 6.45) is 0.683. The molecule has 2 N–H and O–H groups in total. The highest BCUT2D eigenvalue weighted by atomic mass is 16.5. The van der Waals surface area contributed by atoms with Crippen molar-refractivity contribution in [2.45, 2.75) is 6.42 Å². The number of likely N-dealkylation sites (N-methyl/N-ethyl adjacent to an activating group) is 1. The average Bonchev–Trinajstić information content (AvgIpc) is 2.50. The van der Waals surface area contributed by atoms with Crippen LogP contribution in [0.25, 0.3) is 0 Å². The predicted octanol–water partition coefficient (Wildman–Crippen LogP) is 0.00450. The van der Waals surface area contributed by atoms with E-state index in [0.29, 0.717) is 19.6 Å². The van der Waals surface area contributed by atoms with E-state index in [0.717, 1.165) is 0 Å². The molecule has 8 nitrogen and oxygen atoms in total. The number of methoxy groups -OCH3 is 1. The van der Waals surface area contributed by atoms with Gasteiger partial charge in [0.15, 0.2) is 0 Å². The van der Waals surface area contributed by atoms with E-state index in [1.807, 2.05) is 0 Å². The van der Waals surface area contributed by atoms with Crippen molar-refractivity contribution in [1.82, 2.24) is 15.2 Å². The molecule has 0 bridgehead atoms. The average molecular weight is 309 g/mol. The molecule has 120 valence electrons. The van der Waals surface area contributed by atoms with Gasteiger partial charge < -0.3 is 20.1 Å². The van der Waals surface area contributed by atoms with Crippen molar-refractivity contribution >= 4 is 17.8 Å². The summed E-state index contributed by atoms with van der Waals surface area (Å²) in [6, 6.07) is 4.13. The summed E-state index contributed by atoms with van der Waals surface area (Å²) < 4.78 is 4.86. The van der Waals surface area contributed by atoms with Crippen LogP contribution >= 0.6 is 0 Å². The third kappa shape index (κ3) is 5.49. The maximum Gasteiger partial charge on any atom is 0.354 e. The number of nitrogens with zero attached hydrogens (tertiary/aromatic N) is 2. The molecule has 0 fully saturated rings. The first-order valence-electron chi connectivity index (χ1n) is 6.67. The standard InChI is InChI=1S/C14H19N3O5/c1-17(9-12(18)15-7-4-8-22-2)13(19)10-5-3-6-11(16-10)14(20)21/h3,5-6H,4,7-9H2,1-2H3,(H,15,18)(H,20,21). The molecular formula is C14H19N3O5. The van der Waals surface area contributed by atoms with Crippen molar-refractivity contribution in [2.75, 3.05) is 33.9 Å². The van der Waals surface area contributed by atoms with Gasteiger partial charge in [-0.3, -0.25) is 9.59 Å². The van der Waals surface area contributed by atoms with Crippen LogP contribution in [-0.4, -0.2) is 66.6 Å². The smallest absolute Gasteiger partial charge is 0.354 e. The Morgan fingerprint density at radius 3 is 2.64 bits per heavy atom. The Kier molecular flexibility index (Phi) is 6.97. The van der Waals surface area contributed by atoms with E-state index in [1.54, 1.807) is 7.11 Å². The number of rotatable bonds is 8. The third-order valence-corrected chi connectivity index (χ3v) is 2.76. The summed E-state index contributed by atoms with van der Waals surface area (Å²) in [7, 11) is 3.03. The predicted molar refractivity (Wildman–Crippen MR) is 77.7 cm³/mol. The zero-order chi connectivity index (χ0) is 16.5. The van der Waals surface area contributed by atoms with Crippen LogP contribution in [0.3, 0.4) is 0 Å². The number of pyridine rings is 1. The molecular weight excluding hydrogens is 290 g/mol. The minimum absolute atomic E-state index is 0.0189. The fraction of sp³-hybridized carbons (Fsp3) is 0.429. The zero-order valence-corrected chi connectivity index (χ0v) is 12.5. The second-order valence-electron chi connectivity index (χ2n) is 4.57. The first-order chi connectivity index (χ1) is 10.5. The Hall–Kier alpha value is -2.48. The highest BCUT2D eigenvalue weighted by Gasteiger charge is 2.17. The van der Waals surface area contributed by atoms with Crippen molar-refractivity contribution in [3.05, 3.63) is 29.6 Å². The normalized spacial score (nSPS) is 10.1. The van der Waals surface area contributed by atoms with E-state index in [4.69, 9.17) is 9.84 Å². The number of nitrogens with one attached hydrogen (secondary N) is 1. The lowest BCUT2D eigenvalue weighted by atomic mass is 10.2. The van der Waals surface area contributed by atoms with Gasteiger partial charge in [-0.15, -0.1) is 0 Å². The topological polar surface area (TPSA) is 109 Å². The zero-order valence-electron chi connectivity index (χ0n) is 12.5. The van der Waals surface area contributed by atoms with Crippen molar-refractivity contribution < 1.29 is 24.2 Å². The minimum Gasteiger partial charge on any atom is -0.477 e. The molecule has 8 heteroatoms. The lowest BCUT2D eigenvalue weighted by molar-refractivity contribution is -0.121. The molecule has 0 aromatic carbocycles. The van der Waals surface area contributed by atoms with E-state index in [9.17, 15) is 14.4 Å². The molecule has 0 aliphatic rings. The second-order valence-corrected chi connectivity index (χ2v) is 4.57. The summed E-state index contributed by atoms with van der Waals surface area (Å²) in [4.78, 5) is 39.5. The number of aromatic nitrogens is 1. The maximum atomic E-state index is 12.1. The van der Waals surface area contributed by atoms with E-state index >= 15 is 0 Å². The Balaban J connectivity index is 2.56. The molecule has 2 amide bonds. The fourth-order valence-corrected chi connectivity index (χ4v) is 1.66. The summed E-state index contributed by atoms with van der Waals surface area (Å²) in [5.41, 5.74) is -0.238. The van der Waals surface area contributed by atoms with Gasteiger partial charge >= 0.3 is 5.97 Å². The third-order valence-electron chi connectivity index (χ3n) is 2.76. The molecule has 0 spiro atoms. The van der Waals surface area contributed by atoms with E-state index < -0.39 is 11.9 Å². The van der Waals surface area contributed by atoms with Crippen LogP contribution in [0.15, 0.2) is 18.2 Å². The Labute approximate surface area is 128 Å². The Morgan fingerprint density at radius 2 is 2.00 bits per heavy atom. The van der Waals surface area contributed by atoms with Crippen LogP contribution in [0.1, 0.15) is 27.4 Å². The SMILES string of the molecule is COCCCNC(=O)CN(C)C(=O)c1cccc(C(=O)O)n1. The maximum absolute atomic E-state index is 12.1. The number of aromatic carboxylic acids is 1. The fourth-order valence-electron chi connectivity index (χ4n) is 1.66. The van der Waals surface area contributed by atoms with E-state index in [2.05, 4.69) is 10.3 Å². The number of amides is 2. The van der Waals surface area contributed by atoms with Gasteiger partial charge in [0, 0.05) is 27.3 Å². The van der Waals surface area contributed by atoms with Gasteiger partial charge in [-0.2, -0.15) is 0 Å². The van der Waals surface area contributed by atoms with Gasteiger partial charge in [-0.05, 0) is 18.6 Å². The van der Waals surface area contributed by atoms with Gasteiger partial charge in [-0.25, -0.2) is 9.78 Å². The molecule has 0 radical (unpaired) electrons. The van der Waals surface area contributed by atoms with E-state index in [1.165, 1.54) is 30.1 Å². The van der Waals surface area contributed by atoms with Crippen molar-refractivity contribution in [2.24, 2.45) is 0 Å². The molecule has 0 unspecified atom stereocenters. The number of ether oxygens (including phenoxy) is 1. The van der Waals surface area contributed by atoms with Crippen LogP contribution in [0.4, 0.5) is 0 Å². The first kappa shape index (κ1) is 17.6. The summed E-state index contributed by atoms with van der Waals surface area (Å²) in [6.45, 7) is 0.868. The number of hydrogen-bond acceptors (Lipinski definition) is 5. The summed E-state index contributed by atoms with van der Waals surface area (Å²) in [5.74, 6) is -2.04. The largest absolute Gasteiger partial charge is 0.477 e. The number of carboxylic acids is 1. The van der Waals surface area contributed by atoms with Crippen LogP contribution in [0, 0.1) is 0 Å². The van der Waals surface area contributed by atoms with Crippen LogP contribution in [0.5, 0.6) is 0 Å². The van der Waals surface area contributed by atoms with Crippen LogP contribution in [-0.2, 0) is 9.53 Å². The number of carbonyl (C=O) groups is 3. The minimum atomic E-state index is -1.21. The van der Waals surface area contributed by atoms with Gasteiger partial charge in [0.2, 0.25) is 5.91 Å². The van der Waals surface area contributed by atoms with Crippen LogP contribution < -0.4 is 5.32 Å². The number of hydrogen-bond donors (Lipinski definition) is 2. The highest BCUT2D eigenvalue weighted by Crippen LogP contribution is 2.03. The number of carboxylic acid groups (broad SMARTS) is 1. The first-order valence-corrected chi connectivity index (χ1v) is 6.67. The molecule has 1 rings (SSSR count). The van der Waals surface area contributed by atoms with Gasteiger partial charge in [0.05, 0.1) is 6.54 Å². The molecule has 1 heterocycles. The highest BCUT2D eigenvalue weighted by molar-refractivity contribution is 5.96. The lowest BCUT2D eigenvalue weighted by Gasteiger charge is -2.16. The Morgan fingerprint density at radius 1 is 1.32 bits per heavy atom. The molecule has 0 atom stereocenters. The number of carbonyl (C=O) groups excluding carboxylic acids is 2. The van der Waals surface area contributed by atoms with Crippen molar-refractivity contribution in [1.29, 1.82) is 0 Å². The van der Waals surface area contributed by atoms with Gasteiger partial charge in [0.25, 0.3) is 5.91 Å². The Bertz CT molecular complexity index is 547. The molecule has 22 heavy (non-hydrogen) atoms. The molecule has 0 aliphatic carbocycles.